The fourth-order valence-corrected chi connectivity index (χ4v) is 2.39. The summed E-state index contributed by atoms with van der Waals surface area (Å²) in [6.07, 6.45) is 2.08. The zero-order valence-corrected chi connectivity index (χ0v) is 12.7. The van der Waals surface area contributed by atoms with E-state index in [4.69, 9.17) is 0 Å². The maximum Gasteiger partial charge on any atom is 0.176 e. The molecule has 20 heavy (non-hydrogen) atoms. The van der Waals surface area contributed by atoms with E-state index in [0.717, 1.165) is 31.7 Å². The fourth-order valence-electron chi connectivity index (χ4n) is 2.39. The standard InChI is InChI=1S/C17H24N2O/c1-4-14(2)15-5-7-16(8-6-15)17(20)13-19-11-9-18(3)10-12-19/h4-8H,9-13H2,1-3H3/b14-4+. The molecule has 0 radical (unpaired) electrons. The number of rotatable bonds is 4. The van der Waals surface area contributed by atoms with E-state index in [9.17, 15) is 4.79 Å². The van der Waals surface area contributed by atoms with Crippen molar-refractivity contribution in [3.05, 3.63) is 41.5 Å². The second-order valence-corrected chi connectivity index (χ2v) is 5.55. The number of benzene rings is 1. The van der Waals surface area contributed by atoms with Gasteiger partial charge in [0, 0.05) is 31.7 Å². The molecule has 0 aromatic heterocycles. The molecule has 0 N–H and O–H groups in total. The molecule has 3 nitrogen and oxygen atoms in total. The van der Waals surface area contributed by atoms with Crippen LogP contribution in [0.2, 0.25) is 0 Å². The van der Waals surface area contributed by atoms with Gasteiger partial charge in [0.2, 0.25) is 0 Å². The lowest BCUT2D eigenvalue weighted by Gasteiger charge is -2.31. The van der Waals surface area contributed by atoms with Gasteiger partial charge in [0.1, 0.15) is 0 Å². The van der Waals surface area contributed by atoms with Gasteiger partial charge in [-0.05, 0) is 32.0 Å². The quantitative estimate of drug-likeness (QED) is 0.787. The topological polar surface area (TPSA) is 23.6 Å². The highest BCUT2D eigenvalue weighted by atomic mass is 16.1. The number of carbonyl (C=O) groups excluding carboxylic acids is 1. The summed E-state index contributed by atoms with van der Waals surface area (Å²) < 4.78 is 0. The Bertz CT molecular complexity index is 482. The maximum absolute atomic E-state index is 12.3. The smallest absolute Gasteiger partial charge is 0.176 e. The molecule has 1 aromatic rings. The zero-order valence-electron chi connectivity index (χ0n) is 12.7. The number of ketones is 1. The first-order chi connectivity index (χ1) is 9.60. The molecule has 0 aliphatic carbocycles. The average molecular weight is 272 g/mol. The molecule has 2 rings (SSSR count). The molecule has 3 heteroatoms. The molecule has 1 aromatic carbocycles. The molecule has 1 saturated heterocycles. The van der Waals surface area contributed by atoms with Gasteiger partial charge in [0.25, 0.3) is 0 Å². The van der Waals surface area contributed by atoms with Crippen molar-refractivity contribution < 1.29 is 4.79 Å². The lowest BCUT2D eigenvalue weighted by atomic mass is 10.0. The SMILES string of the molecule is C/C=C(\C)c1ccc(C(=O)CN2CCN(C)CC2)cc1. The summed E-state index contributed by atoms with van der Waals surface area (Å²) in [5.74, 6) is 0.222. The van der Waals surface area contributed by atoms with Gasteiger partial charge in [-0.2, -0.15) is 0 Å². The predicted octanol–water partition coefficient (Wildman–Crippen LogP) is 2.54. The van der Waals surface area contributed by atoms with Crippen LogP contribution in [-0.4, -0.2) is 55.4 Å². The van der Waals surface area contributed by atoms with Crippen molar-refractivity contribution >= 4 is 11.4 Å². The van der Waals surface area contributed by atoms with Crippen LogP contribution < -0.4 is 0 Å². The number of allylic oxidation sites excluding steroid dienone is 2. The molecule has 1 aliphatic rings. The molecular weight excluding hydrogens is 248 g/mol. The highest BCUT2D eigenvalue weighted by molar-refractivity contribution is 5.97. The van der Waals surface area contributed by atoms with Gasteiger partial charge in [-0.15, -0.1) is 0 Å². The summed E-state index contributed by atoms with van der Waals surface area (Å²) in [6.45, 7) is 8.72. The maximum atomic E-state index is 12.3. The van der Waals surface area contributed by atoms with E-state index >= 15 is 0 Å². The third kappa shape index (κ3) is 3.78. The number of hydrogen-bond donors (Lipinski definition) is 0. The van der Waals surface area contributed by atoms with Crippen molar-refractivity contribution in [2.24, 2.45) is 0 Å². The van der Waals surface area contributed by atoms with E-state index < -0.39 is 0 Å². The van der Waals surface area contributed by atoms with Gasteiger partial charge in [0.05, 0.1) is 6.54 Å². The molecule has 0 saturated carbocycles. The molecule has 1 aliphatic heterocycles. The molecule has 1 heterocycles. The van der Waals surface area contributed by atoms with Crippen LogP contribution in [0.4, 0.5) is 0 Å². The first kappa shape index (κ1) is 14.9. The van der Waals surface area contributed by atoms with E-state index in [1.165, 1.54) is 11.1 Å². The fraction of sp³-hybridized carbons (Fsp3) is 0.471. The highest BCUT2D eigenvalue weighted by Crippen LogP contribution is 2.15. The van der Waals surface area contributed by atoms with Crippen LogP contribution in [0.15, 0.2) is 30.3 Å². The normalized spacial score (nSPS) is 18.2. The lowest BCUT2D eigenvalue weighted by Crippen LogP contribution is -2.46. The Morgan fingerprint density at radius 3 is 2.20 bits per heavy atom. The first-order valence-electron chi connectivity index (χ1n) is 7.27. The minimum Gasteiger partial charge on any atom is -0.304 e. The number of Topliss-reactive ketones (excluding diaryl/α,β-unsaturated/α-hetero) is 1. The highest BCUT2D eigenvalue weighted by Gasteiger charge is 2.17. The van der Waals surface area contributed by atoms with Crippen LogP contribution in [0.3, 0.4) is 0 Å². The van der Waals surface area contributed by atoms with Gasteiger partial charge in [-0.3, -0.25) is 9.69 Å². The summed E-state index contributed by atoms with van der Waals surface area (Å²) in [7, 11) is 2.13. The Balaban J connectivity index is 1.95. The lowest BCUT2D eigenvalue weighted by molar-refractivity contribution is 0.0876. The Hall–Kier alpha value is -1.45. The van der Waals surface area contributed by atoms with Crippen LogP contribution in [0.25, 0.3) is 5.57 Å². The van der Waals surface area contributed by atoms with Gasteiger partial charge < -0.3 is 4.90 Å². The summed E-state index contributed by atoms with van der Waals surface area (Å²) in [6, 6.07) is 7.96. The van der Waals surface area contributed by atoms with Crippen molar-refractivity contribution in [2.75, 3.05) is 39.8 Å². The van der Waals surface area contributed by atoms with Crippen molar-refractivity contribution in [2.45, 2.75) is 13.8 Å². The predicted molar refractivity (Wildman–Crippen MR) is 84.0 cm³/mol. The Labute approximate surface area is 121 Å². The molecule has 0 bridgehead atoms. The van der Waals surface area contributed by atoms with E-state index in [1.807, 2.05) is 31.2 Å². The average Bonchev–Trinajstić information content (AvgIpc) is 2.49. The summed E-state index contributed by atoms with van der Waals surface area (Å²) in [5, 5.41) is 0. The number of hydrogen-bond acceptors (Lipinski definition) is 3. The van der Waals surface area contributed by atoms with Gasteiger partial charge in [0.15, 0.2) is 5.78 Å². The van der Waals surface area contributed by atoms with Crippen molar-refractivity contribution in [3.8, 4) is 0 Å². The Morgan fingerprint density at radius 2 is 1.65 bits per heavy atom. The molecule has 0 spiro atoms. The van der Waals surface area contributed by atoms with Crippen LogP contribution in [0.5, 0.6) is 0 Å². The number of likely N-dealkylation sites (N-methyl/N-ethyl adjacent to an activating group) is 1. The molecular formula is C17H24N2O. The van der Waals surface area contributed by atoms with Crippen LogP contribution in [0, 0.1) is 0 Å². The minimum absolute atomic E-state index is 0.222. The van der Waals surface area contributed by atoms with Crippen molar-refractivity contribution in [1.82, 2.24) is 9.80 Å². The van der Waals surface area contributed by atoms with E-state index in [2.05, 4.69) is 29.8 Å². The number of nitrogens with zero attached hydrogens (tertiary/aromatic N) is 2. The summed E-state index contributed by atoms with van der Waals surface area (Å²) in [5.41, 5.74) is 3.24. The molecule has 0 unspecified atom stereocenters. The summed E-state index contributed by atoms with van der Waals surface area (Å²) in [4.78, 5) is 16.8. The van der Waals surface area contributed by atoms with Gasteiger partial charge >= 0.3 is 0 Å². The molecule has 0 atom stereocenters. The molecule has 1 fully saturated rings. The minimum atomic E-state index is 0.222. The van der Waals surface area contributed by atoms with Crippen molar-refractivity contribution in [3.63, 3.8) is 0 Å². The third-order valence-electron chi connectivity index (χ3n) is 4.06. The zero-order chi connectivity index (χ0) is 14.5. The monoisotopic (exact) mass is 272 g/mol. The van der Waals surface area contributed by atoms with Crippen LogP contribution in [0.1, 0.15) is 29.8 Å². The van der Waals surface area contributed by atoms with E-state index in [1.54, 1.807) is 0 Å². The van der Waals surface area contributed by atoms with Crippen LogP contribution >= 0.6 is 0 Å². The summed E-state index contributed by atoms with van der Waals surface area (Å²) >= 11 is 0. The second kappa shape index (κ2) is 6.82. The Morgan fingerprint density at radius 1 is 1.10 bits per heavy atom. The van der Waals surface area contributed by atoms with Gasteiger partial charge in [-0.1, -0.05) is 30.3 Å². The number of piperazine rings is 1. The molecule has 108 valence electrons. The first-order valence-corrected chi connectivity index (χ1v) is 7.27. The number of carbonyl (C=O) groups is 1. The van der Waals surface area contributed by atoms with E-state index in [0.29, 0.717) is 6.54 Å². The Kier molecular flexibility index (Phi) is 5.10. The second-order valence-electron chi connectivity index (χ2n) is 5.55. The third-order valence-corrected chi connectivity index (χ3v) is 4.06. The molecule has 0 amide bonds. The van der Waals surface area contributed by atoms with E-state index in [-0.39, 0.29) is 5.78 Å². The largest absolute Gasteiger partial charge is 0.304 e. The van der Waals surface area contributed by atoms with Crippen LogP contribution in [-0.2, 0) is 0 Å². The van der Waals surface area contributed by atoms with Gasteiger partial charge in [-0.25, -0.2) is 0 Å². The van der Waals surface area contributed by atoms with Crippen molar-refractivity contribution in [1.29, 1.82) is 0 Å².